The summed E-state index contributed by atoms with van der Waals surface area (Å²) >= 11 is 12.7. The lowest BCUT2D eigenvalue weighted by Gasteiger charge is -2.31. The SMILES string of the molecule is CC1Cc2cc(/C(O)=C3\C(=O)C(=O)N(CCN4CCOCC4)C3c3ccc(Cl)cc3Cl)ccc2O1. The normalized spacial score (nSPS) is 24.0. The van der Waals surface area contributed by atoms with E-state index in [4.69, 9.17) is 32.7 Å². The quantitative estimate of drug-likeness (QED) is 0.366. The summed E-state index contributed by atoms with van der Waals surface area (Å²) in [6, 6.07) is 9.42. The van der Waals surface area contributed by atoms with Crippen LogP contribution >= 0.6 is 23.2 Å². The van der Waals surface area contributed by atoms with E-state index in [9.17, 15) is 14.7 Å². The molecule has 0 saturated carbocycles. The summed E-state index contributed by atoms with van der Waals surface area (Å²) in [5.74, 6) is -0.854. The number of rotatable bonds is 5. The number of likely N-dealkylation sites (tertiary alicyclic amines) is 1. The van der Waals surface area contributed by atoms with E-state index in [-0.39, 0.29) is 17.4 Å². The Morgan fingerprint density at radius 3 is 2.60 bits per heavy atom. The van der Waals surface area contributed by atoms with Crippen molar-refractivity contribution in [2.45, 2.75) is 25.5 Å². The second-order valence-corrected chi connectivity index (χ2v) is 9.91. The fourth-order valence-corrected chi connectivity index (χ4v) is 5.47. The number of ketones is 1. The zero-order valence-corrected chi connectivity index (χ0v) is 20.8. The number of amides is 1. The van der Waals surface area contributed by atoms with Crippen LogP contribution in [0.2, 0.25) is 10.0 Å². The maximum atomic E-state index is 13.3. The Morgan fingerprint density at radius 1 is 1.09 bits per heavy atom. The number of hydrogen-bond acceptors (Lipinski definition) is 6. The number of morpholine rings is 1. The average Bonchev–Trinajstić information content (AvgIpc) is 3.33. The minimum atomic E-state index is -0.829. The van der Waals surface area contributed by atoms with Crippen molar-refractivity contribution < 1.29 is 24.2 Å². The van der Waals surface area contributed by atoms with Crippen molar-refractivity contribution in [2.75, 3.05) is 39.4 Å². The zero-order valence-electron chi connectivity index (χ0n) is 19.3. The number of carbonyl (C=O) groups is 2. The Morgan fingerprint density at radius 2 is 1.86 bits per heavy atom. The molecular weight excluding hydrogens is 491 g/mol. The Hall–Kier alpha value is -2.58. The number of aliphatic hydroxyl groups excluding tert-OH is 1. The van der Waals surface area contributed by atoms with Crippen LogP contribution < -0.4 is 4.74 Å². The molecular formula is C26H26Cl2N2O5. The number of halogens is 2. The van der Waals surface area contributed by atoms with E-state index in [2.05, 4.69) is 4.90 Å². The lowest BCUT2D eigenvalue weighted by Crippen LogP contribution is -2.42. The van der Waals surface area contributed by atoms with Crippen molar-refractivity contribution in [1.82, 2.24) is 9.80 Å². The van der Waals surface area contributed by atoms with Gasteiger partial charge in [0, 0.05) is 48.2 Å². The molecule has 0 bridgehead atoms. The van der Waals surface area contributed by atoms with Gasteiger partial charge < -0.3 is 19.5 Å². The molecule has 2 saturated heterocycles. The third-order valence-electron chi connectivity index (χ3n) is 6.73. The Kier molecular flexibility index (Phi) is 6.77. The Labute approximate surface area is 213 Å². The first kappa shape index (κ1) is 24.1. The molecule has 5 rings (SSSR count). The fraction of sp³-hybridized carbons (Fsp3) is 0.385. The van der Waals surface area contributed by atoms with Gasteiger partial charge in [0.25, 0.3) is 11.7 Å². The number of hydrogen-bond donors (Lipinski definition) is 1. The molecule has 3 heterocycles. The monoisotopic (exact) mass is 516 g/mol. The average molecular weight is 517 g/mol. The number of nitrogens with zero attached hydrogens (tertiary/aromatic N) is 2. The molecule has 0 aliphatic carbocycles. The highest BCUT2D eigenvalue weighted by Gasteiger charge is 2.46. The van der Waals surface area contributed by atoms with Gasteiger partial charge in [0.1, 0.15) is 17.6 Å². The van der Waals surface area contributed by atoms with Crippen molar-refractivity contribution in [1.29, 1.82) is 0 Å². The van der Waals surface area contributed by atoms with Crippen LogP contribution in [0.3, 0.4) is 0 Å². The molecule has 9 heteroatoms. The van der Waals surface area contributed by atoms with Gasteiger partial charge in [-0.15, -0.1) is 0 Å². The number of aliphatic hydroxyl groups is 1. The molecule has 2 aromatic rings. The van der Waals surface area contributed by atoms with Gasteiger partial charge in [-0.25, -0.2) is 0 Å². The van der Waals surface area contributed by atoms with Crippen LogP contribution in [0.5, 0.6) is 5.75 Å². The maximum Gasteiger partial charge on any atom is 0.295 e. The van der Waals surface area contributed by atoms with Crippen LogP contribution in [0.15, 0.2) is 42.0 Å². The number of benzene rings is 2. The largest absolute Gasteiger partial charge is 0.507 e. The van der Waals surface area contributed by atoms with Crippen LogP contribution in [0.1, 0.15) is 29.7 Å². The van der Waals surface area contributed by atoms with Crippen LogP contribution in [0.4, 0.5) is 0 Å². The van der Waals surface area contributed by atoms with E-state index in [0.717, 1.165) is 24.4 Å². The summed E-state index contributed by atoms with van der Waals surface area (Å²) in [5, 5.41) is 12.1. The summed E-state index contributed by atoms with van der Waals surface area (Å²) in [5.41, 5.74) is 1.97. The minimum absolute atomic E-state index is 0.0214. The van der Waals surface area contributed by atoms with Crippen LogP contribution in [0, 0.1) is 0 Å². The number of carbonyl (C=O) groups excluding carboxylic acids is 2. The summed E-state index contributed by atoms with van der Waals surface area (Å²) in [6.07, 6.45) is 0.748. The van der Waals surface area contributed by atoms with Crippen LogP contribution in [0.25, 0.3) is 5.76 Å². The van der Waals surface area contributed by atoms with Gasteiger partial charge in [0.2, 0.25) is 0 Å². The highest BCUT2D eigenvalue weighted by atomic mass is 35.5. The van der Waals surface area contributed by atoms with Gasteiger partial charge in [0.15, 0.2) is 0 Å². The van der Waals surface area contributed by atoms with Crippen molar-refractivity contribution in [3.05, 3.63) is 68.7 Å². The van der Waals surface area contributed by atoms with Crippen LogP contribution in [-0.4, -0.2) is 72.1 Å². The van der Waals surface area contributed by atoms with E-state index >= 15 is 0 Å². The minimum Gasteiger partial charge on any atom is -0.507 e. The smallest absolute Gasteiger partial charge is 0.295 e. The van der Waals surface area contributed by atoms with Gasteiger partial charge in [-0.05, 0) is 48.4 Å². The number of fused-ring (bicyclic) bond motifs is 1. The molecule has 2 unspecified atom stereocenters. The Bertz CT molecular complexity index is 1210. The lowest BCUT2D eigenvalue weighted by atomic mass is 9.94. The van der Waals surface area contributed by atoms with Gasteiger partial charge in [-0.3, -0.25) is 14.5 Å². The lowest BCUT2D eigenvalue weighted by molar-refractivity contribution is -0.140. The molecule has 1 N–H and O–H groups in total. The predicted molar refractivity (Wildman–Crippen MR) is 133 cm³/mol. The third-order valence-corrected chi connectivity index (χ3v) is 7.29. The first-order valence-corrected chi connectivity index (χ1v) is 12.4. The van der Waals surface area contributed by atoms with Gasteiger partial charge in [0.05, 0.1) is 24.8 Å². The molecule has 2 atom stereocenters. The second kappa shape index (κ2) is 9.82. The molecule has 7 nitrogen and oxygen atoms in total. The third kappa shape index (κ3) is 4.66. The highest BCUT2D eigenvalue weighted by Crippen LogP contribution is 2.43. The molecule has 2 aromatic carbocycles. The second-order valence-electron chi connectivity index (χ2n) is 9.07. The molecule has 184 valence electrons. The highest BCUT2D eigenvalue weighted by molar-refractivity contribution is 6.47. The van der Waals surface area contributed by atoms with Crippen molar-refractivity contribution in [2.24, 2.45) is 0 Å². The summed E-state index contributed by atoms with van der Waals surface area (Å²) in [7, 11) is 0. The van der Waals surface area contributed by atoms with Crippen molar-refractivity contribution in [3.63, 3.8) is 0 Å². The van der Waals surface area contributed by atoms with E-state index in [1.807, 2.05) is 13.0 Å². The molecule has 35 heavy (non-hydrogen) atoms. The van der Waals surface area contributed by atoms with E-state index in [0.29, 0.717) is 53.9 Å². The van der Waals surface area contributed by atoms with E-state index in [1.54, 1.807) is 30.3 Å². The van der Waals surface area contributed by atoms with Crippen molar-refractivity contribution >= 4 is 40.7 Å². The molecule has 3 aliphatic rings. The molecule has 3 aliphatic heterocycles. The standard InChI is InChI=1S/C26H26Cl2N2O5/c1-15-12-17-13-16(2-5-21(17)35-15)24(31)22-23(19-4-3-18(27)14-20(19)28)30(26(33)25(22)32)7-6-29-8-10-34-11-9-29/h2-5,13-15,23,31H,6-12H2,1H3/b24-22+. The molecule has 0 spiro atoms. The van der Waals surface area contributed by atoms with Gasteiger partial charge in [-0.2, -0.15) is 0 Å². The van der Waals surface area contributed by atoms with E-state index in [1.165, 1.54) is 4.90 Å². The Balaban J connectivity index is 1.56. The van der Waals surface area contributed by atoms with Gasteiger partial charge in [-0.1, -0.05) is 29.3 Å². The van der Waals surface area contributed by atoms with Gasteiger partial charge >= 0.3 is 0 Å². The van der Waals surface area contributed by atoms with Crippen LogP contribution in [-0.2, 0) is 20.7 Å². The fourth-order valence-electron chi connectivity index (χ4n) is 4.96. The summed E-state index contributed by atoms with van der Waals surface area (Å²) < 4.78 is 11.2. The summed E-state index contributed by atoms with van der Waals surface area (Å²) in [4.78, 5) is 30.2. The number of Topliss-reactive ketones (excluding diaryl/α,β-unsaturated/α-hetero) is 1. The first-order chi connectivity index (χ1) is 16.8. The zero-order chi connectivity index (χ0) is 24.7. The first-order valence-electron chi connectivity index (χ1n) is 11.7. The molecule has 0 aromatic heterocycles. The molecule has 0 radical (unpaired) electrons. The topological polar surface area (TPSA) is 79.3 Å². The molecule has 1 amide bonds. The summed E-state index contributed by atoms with van der Waals surface area (Å²) in [6.45, 7) is 5.63. The predicted octanol–water partition coefficient (Wildman–Crippen LogP) is 4.07. The maximum absolute atomic E-state index is 13.3. The number of ether oxygens (including phenoxy) is 2. The van der Waals surface area contributed by atoms with Crippen molar-refractivity contribution in [3.8, 4) is 5.75 Å². The van der Waals surface area contributed by atoms with E-state index < -0.39 is 17.7 Å². The molecule has 2 fully saturated rings.